The molecular formula is C16H23N. The van der Waals surface area contributed by atoms with Crippen molar-refractivity contribution in [2.45, 2.75) is 25.7 Å². The minimum atomic E-state index is 0.870. The summed E-state index contributed by atoms with van der Waals surface area (Å²) in [6.45, 7) is 6.32. The Morgan fingerprint density at radius 1 is 1.24 bits per heavy atom. The minimum absolute atomic E-state index is 0.870. The summed E-state index contributed by atoms with van der Waals surface area (Å²) in [4.78, 5) is 2.46. The molecule has 1 saturated heterocycles. The highest BCUT2D eigenvalue weighted by atomic mass is 15.1. The number of nitrogens with zero attached hydrogens (tertiary/aromatic N) is 1. The predicted octanol–water partition coefficient (Wildman–Crippen LogP) is 3.60. The molecule has 1 aromatic carbocycles. The molecule has 0 aromatic heterocycles. The highest BCUT2D eigenvalue weighted by molar-refractivity contribution is 5.47. The summed E-state index contributed by atoms with van der Waals surface area (Å²) < 4.78 is 0. The van der Waals surface area contributed by atoms with Gasteiger partial charge < -0.3 is 4.90 Å². The van der Waals surface area contributed by atoms with Gasteiger partial charge in [0.1, 0.15) is 0 Å². The summed E-state index contributed by atoms with van der Waals surface area (Å²) in [6.07, 6.45) is 7.23. The van der Waals surface area contributed by atoms with Gasteiger partial charge in [0.15, 0.2) is 0 Å². The zero-order valence-corrected chi connectivity index (χ0v) is 10.9. The summed E-state index contributed by atoms with van der Waals surface area (Å²) in [6, 6.07) is 8.85. The van der Waals surface area contributed by atoms with Gasteiger partial charge in [0, 0.05) is 0 Å². The molecule has 2 rings (SSSR count). The van der Waals surface area contributed by atoms with Crippen LogP contribution in [-0.2, 0) is 6.42 Å². The summed E-state index contributed by atoms with van der Waals surface area (Å²) >= 11 is 0. The molecule has 1 heteroatoms. The Hall–Kier alpha value is -1.08. The van der Waals surface area contributed by atoms with E-state index in [0.717, 1.165) is 5.92 Å². The van der Waals surface area contributed by atoms with E-state index in [1.807, 2.05) is 6.08 Å². The smallest absolute Gasteiger partial charge is 0.00190 e. The maximum Gasteiger partial charge on any atom is -0.00190 e. The van der Waals surface area contributed by atoms with E-state index in [1.54, 1.807) is 0 Å². The summed E-state index contributed by atoms with van der Waals surface area (Å²) in [7, 11) is 2.24. The quantitative estimate of drug-likeness (QED) is 0.765. The Kier molecular flexibility index (Phi) is 4.38. The van der Waals surface area contributed by atoms with Gasteiger partial charge in [-0.15, -0.1) is 0 Å². The fourth-order valence-electron chi connectivity index (χ4n) is 2.64. The van der Waals surface area contributed by atoms with Crippen molar-refractivity contribution in [3.63, 3.8) is 0 Å². The second kappa shape index (κ2) is 6.02. The van der Waals surface area contributed by atoms with E-state index < -0.39 is 0 Å². The first-order valence-electron chi connectivity index (χ1n) is 6.68. The maximum absolute atomic E-state index is 3.79. The van der Waals surface area contributed by atoms with E-state index in [4.69, 9.17) is 0 Å². The summed E-state index contributed by atoms with van der Waals surface area (Å²) in [5.41, 5.74) is 2.69. The lowest BCUT2D eigenvalue weighted by atomic mass is 9.92. The van der Waals surface area contributed by atoms with Crippen molar-refractivity contribution in [1.82, 2.24) is 4.90 Å². The molecule has 1 aliphatic heterocycles. The number of hydrogen-bond donors (Lipinski definition) is 0. The van der Waals surface area contributed by atoms with Gasteiger partial charge >= 0.3 is 0 Å². The average Bonchev–Trinajstić information content (AvgIpc) is 2.56. The van der Waals surface area contributed by atoms with Gasteiger partial charge in [0.05, 0.1) is 0 Å². The zero-order chi connectivity index (χ0) is 12.1. The van der Waals surface area contributed by atoms with Crippen molar-refractivity contribution in [3.05, 3.63) is 42.0 Å². The topological polar surface area (TPSA) is 3.24 Å². The van der Waals surface area contributed by atoms with Crippen LogP contribution in [0.25, 0.3) is 6.08 Å². The first kappa shape index (κ1) is 12.4. The fourth-order valence-corrected chi connectivity index (χ4v) is 2.64. The Bertz CT molecular complexity index is 352. The number of likely N-dealkylation sites (tertiary alicyclic amines) is 1. The van der Waals surface area contributed by atoms with Crippen molar-refractivity contribution >= 4 is 6.08 Å². The van der Waals surface area contributed by atoms with Crippen LogP contribution < -0.4 is 0 Å². The predicted molar refractivity (Wildman–Crippen MR) is 75.1 cm³/mol. The average molecular weight is 229 g/mol. The highest BCUT2D eigenvalue weighted by Crippen LogP contribution is 2.21. The van der Waals surface area contributed by atoms with Gasteiger partial charge in [0.25, 0.3) is 0 Å². The Morgan fingerprint density at radius 3 is 2.71 bits per heavy atom. The van der Waals surface area contributed by atoms with Crippen LogP contribution in [0, 0.1) is 5.92 Å². The van der Waals surface area contributed by atoms with Crippen LogP contribution in [0.15, 0.2) is 30.8 Å². The molecule has 0 aliphatic carbocycles. The summed E-state index contributed by atoms with van der Waals surface area (Å²) in [5.74, 6) is 0.870. The third-order valence-electron chi connectivity index (χ3n) is 3.81. The number of hydrogen-bond acceptors (Lipinski definition) is 1. The van der Waals surface area contributed by atoms with E-state index in [9.17, 15) is 0 Å². The maximum atomic E-state index is 3.79. The standard InChI is InChI=1S/C16H23N/c1-3-14-6-8-16(9-7-14)13-15-5-4-11-17(2)12-10-15/h3,6-9,15H,1,4-5,10-13H2,2H3. The van der Waals surface area contributed by atoms with Crippen LogP contribution >= 0.6 is 0 Å². The fraction of sp³-hybridized carbons (Fsp3) is 0.500. The van der Waals surface area contributed by atoms with Crippen molar-refractivity contribution in [3.8, 4) is 0 Å². The van der Waals surface area contributed by atoms with Crippen LogP contribution in [0.5, 0.6) is 0 Å². The first-order chi connectivity index (χ1) is 8.28. The molecule has 1 atom stereocenters. The molecule has 92 valence electrons. The molecule has 0 radical (unpaired) electrons. The zero-order valence-electron chi connectivity index (χ0n) is 10.9. The van der Waals surface area contributed by atoms with Gasteiger partial charge in [-0.3, -0.25) is 0 Å². The molecule has 1 unspecified atom stereocenters. The second-order valence-corrected chi connectivity index (χ2v) is 5.25. The van der Waals surface area contributed by atoms with E-state index in [1.165, 1.54) is 49.9 Å². The van der Waals surface area contributed by atoms with Crippen LogP contribution in [-0.4, -0.2) is 25.0 Å². The number of benzene rings is 1. The largest absolute Gasteiger partial charge is 0.306 e. The molecule has 0 N–H and O–H groups in total. The molecule has 0 spiro atoms. The molecule has 17 heavy (non-hydrogen) atoms. The highest BCUT2D eigenvalue weighted by Gasteiger charge is 2.14. The third-order valence-corrected chi connectivity index (χ3v) is 3.81. The van der Waals surface area contributed by atoms with Gasteiger partial charge in [-0.1, -0.05) is 36.9 Å². The molecule has 0 saturated carbocycles. The van der Waals surface area contributed by atoms with Gasteiger partial charge in [0.2, 0.25) is 0 Å². The molecule has 0 amide bonds. The molecule has 0 bridgehead atoms. The summed E-state index contributed by atoms with van der Waals surface area (Å²) in [5, 5.41) is 0. The lowest BCUT2D eigenvalue weighted by Crippen LogP contribution is -2.19. The SMILES string of the molecule is C=Cc1ccc(CC2CCCN(C)CC2)cc1. The Labute approximate surface area is 105 Å². The monoisotopic (exact) mass is 229 g/mol. The lowest BCUT2D eigenvalue weighted by molar-refractivity contribution is 0.341. The van der Waals surface area contributed by atoms with Crippen LogP contribution in [0.4, 0.5) is 0 Å². The first-order valence-corrected chi connectivity index (χ1v) is 6.68. The van der Waals surface area contributed by atoms with Crippen LogP contribution in [0.3, 0.4) is 0 Å². The molecule has 1 heterocycles. The number of rotatable bonds is 3. The van der Waals surface area contributed by atoms with Gasteiger partial charge in [-0.25, -0.2) is 0 Å². The Morgan fingerprint density at radius 2 is 2.00 bits per heavy atom. The molecule has 1 fully saturated rings. The normalized spacial score (nSPS) is 22.1. The van der Waals surface area contributed by atoms with Crippen molar-refractivity contribution < 1.29 is 0 Å². The minimum Gasteiger partial charge on any atom is -0.306 e. The van der Waals surface area contributed by atoms with Crippen molar-refractivity contribution in [2.24, 2.45) is 5.92 Å². The third kappa shape index (κ3) is 3.71. The molecule has 1 nitrogen and oxygen atoms in total. The molecular weight excluding hydrogens is 206 g/mol. The Balaban J connectivity index is 1.92. The van der Waals surface area contributed by atoms with Crippen molar-refractivity contribution in [1.29, 1.82) is 0 Å². The van der Waals surface area contributed by atoms with E-state index in [2.05, 4.69) is 42.8 Å². The van der Waals surface area contributed by atoms with E-state index in [0.29, 0.717) is 0 Å². The van der Waals surface area contributed by atoms with E-state index >= 15 is 0 Å². The molecule has 1 aliphatic rings. The van der Waals surface area contributed by atoms with E-state index in [-0.39, 0.29) is 0 Å². The lowest BCUT2D eigenvalue weighted by Gasteiger charge is -2.15. The van der Waals surface area contributed by atoms with Crippen molar-refractivity contribution in [2.75, 3.05) is 20.1 Å². The second-order valence-electron chi connectivity index (χ2n) is 5.25. The molecule has 1 aromatic rings. The van der Waals surface area contributed by atoms with Crippen LogP contribution in [0.1, 0.15) is 30.4 Å². The van der Waals surface area contributed by atoms with Crippen LogP contribution in [0.2, 0.25) is 0 Å². The van der Waals surface area contributed by atoms with Gasteiger partial charge in [-0.05, 0) is 62.9 Å². The van der Waals surface area contributed by atoms with Gasteiger partial charge in [-0.2, -0.15) is 0 Å².